The second-order valence-corrected chi connectivity index (χ2v) is 7.00. The van der Waals surface area contributed by atoms with Crippen LogP contribution in [0.25, 0.3) is 6.08 Å². The van der Waals surface area contributed by atoms with Gasteiger partial charge in [0.1, 0.15) is 10.8 Å². The minimum absolute atomic E-state index is 0.233. The smallest absolute Gasteiger partial charge is 0.267 e. The monoisotopic (exact) mass is 360 g/mol. The number of thioether (sulfide) groups is 1. The van der Waals surface area contributed by atoms with Gasteiger partial charge in [-0.3, -0.25) is 9.69 Å². The van der Waals surface area contributed by atoms with Crippen molar-refractivity contribution in [1.29, 1.82) is 0 Å². The zero-order valence-corrected chi connectivity index (χ0v) is 14.4. The number of aryl methyl sites for hydroxylation is 1. The molecular weight excluding hydrogens is 347 g/mol. The number of aromatic nitrogens is 2. The van der Waals surface area contributed by atoms with E-state index < -0.39 is 0 Å². The first kappa shape index (κ1) is 16.5. The van der Waals surface area contributed by atoms with Crippen LogP contribution >= 0.6 is 23.1 Å². The van der Waals surface area contributed by atoms with Crippen LogP contribution in [0.3, 0.4) is 0 Å². The number of carbonyl (C=O) groups is 1. The molecule has 1 aromatic heterocycles. The summed E-state index contributed by atoms with van der Waals surface area (Å²) in [6.07, 6.45) is 3.15. The molecule has 122 valence electrons. The zero-order valence-electron chi connectivity index (χ0n) is 12.8. The first-order chi connectivity index (χ1) is 11.6. The van der Waals surface area contributed by atoms with Crippen LogP contribution in [0.1, 0.15) is 10.6 Å². The van der Waals surface area contributed by atoms with Crippen molar-refractivity contribution in [2.75, 3.05) is 6.54 Å². The first-order valence-corrected chi connectivity index (χ1v) is 8.67. The van der Waals surface area contributed by atoms with Crippen molar-refractivity contribution in [2.24, 2.45) is 4.99 Å². The van der Waals surface area contributed by atoms with E-state index in [2.05, 4.69) is 21.8 Å². The van der Waals surface area contributed by atoms with Crippen LogP contribution in [0.15, 0.2) is 46.8 Å². The molecule has 1 saturated heterocycles. The highest BCUT2D eigenvalue weighted by molar-refractivity contribution is 8.18. The summed E-state index contributed by atoms with van der Waals surface area (Å²) in [5, 5.41) is 9.61. The standard InChI is InChI=1S/C16H13FN4OS2/c1-3-8-21-14(22)13(9-11-6-4-5-7-12(11)17)24-16(21)18-15-20-19-10(2)23-15/h3-7,9H,1,8H2,2H3/b13-9+,18-16+. The van der Waals surface area contributed by atoms with Crippen molar-refractivity contribution in [3.63, 3.8) is 0 Å². The highest BCUT2D eigenvalue weighted by atomic mass is 32.2. The quantitative estimate of drug-likeness (QED) is 0.615. The third kappa shape index (κ3) is 3.44. The van der Waals surface area contributed by atoms with Gasteiger partial charge in [-0.1, -0.05) is 35.6 Å². The molecule has 0 radical (unpaired) electrons. The molecule has 8 heteroatoms. The van der Waals surface area contributed by atoms with E-state index in [1.54, 1.807) is 24.3 Å². The van der Waals surface area contributed by atoms with Gasteiger partial charge in [-0.25, -0.2) is 4.39 Å². The number of rotatable bonds is 4. The number of amidine groups is 1. The number of carbonyl (C=O) groups excluding carboxylic acids is 1. The maximum atomic E-state index is 13.8. The van der Waals surface area contributed by atoms with E-state index in [9.17, 15) is 9.18 Å². The summed E-state index contributed by atoms with van der Waals surface area (Å²) in [7, 11) is 0. The van der Waals surface area contributed by atoms with Gasteiger partial charge in [0.15, 0.2) is 5.17 Å². The molecule has 1 aliphatic rings. The van der Waals surface area contributed by atoms with Crippen LogP contribution in [0.5, 0.6) is 0 Å². The Bertz CT molecular complexity index is 859. The molecule has 5 nitrogen and oxygen atoms in total. The molecule has 3 rings (SSSR count). The van der Waals surface area contributed by atoms with E-state index >= 15 is 0 Å². The van der Waals surface area contributed by atoms with Gasteiger partial charge in [-0.2, -0.15) is 4.99 Å². The average Bonchev–Trinajstić information content (AvgIpc) is 3.09. The van der Waals surface area contributed by atoms with Gasteiger partial charge < -0.3 is 0 Å². The molecule has 2 heterocycles. The topological polar surface area (TPSA) is 58.5 Å². The maximum absolute atomic E-state index is 13.8. The predicted octanol–water partition coefficient (Wildman–Crippen LogP) is 3.78. The number of hydrogen-bond donors (Lipinski definition) is 0. The highest BCUT2D eigenvalue weighted by Gasteiger charge is 2.33. The second-order valence-electron chi connectivity index (χ2n) is 4.83. The van der Waals surface area contributed by atoms with E-state index in [1.165, 1.54) is 40.1 Å². The third-order valence-corrected chi connectivity index (χ3v) is 4.84. The predicted molar refractivity (Wildman–Crippen MR) is 95.6 cm³/mol. The molecule has 0 aliphatic carbocycles. The van der Waals surface area contributed by atoms with Crippen molar-refractivity contribution in [3.05, 3.63) is 58.2 Å². The number of amides is 1. The van der Waals surface area contributed by atoms with Gasteiger partial charge in [0.05, 0.1) is 4.91 Å². The Kier molecular flexibility index (Phi) is 4.86. The molecule has 1 amide bonds. The van der Waals surface area contributed by atoms with Gasteiger partial charge in [0.2, 0.25) is 5.13 Å². The van der Waals surface area contributed by atoms with Gasteiger partial charge in [0, 0.05) is 12.1 Å². The minimum atomic E-state index is -0.376. The van der Waals surface area contributed by atoms with E-state index in [4.69, 9.17) is 0 Å². The fourth-order valence-corrected chi connectivity index (χ4v) is 3.63. The van der Waals surface area contributed by atoms with E-state index in [-0.39, 0.29) is 11.7 Å². The second kappa shape index (κ2) is 7.06. The average molecular weight is 360 g/mol. The summed E-state index contributed by atoms with van der Waals surface area (Å²) in [4.78, 5) is 18.9. The molecule has 1 fully saturated rings. The molecule has 0 spiro atoms. The van der Waals surface area contributed by atoms with Gasteiger partial charge in [-0.15, -0.1) is 16.8 Å². The van der Waals surface area contributed by atoms with Gasteiger partial charge in [0.25, 0.3) is 5.91 Å². The SMILES string of the molecule is C=CCN1C(=O)/C(=C\c2ccccc2F)S/C1=N/c1nnc(C)s1. The molecular formula is C16H13FN4OS2. The summed E-state index contributed by atoms with van der Waals surface area (Å²) in [5.41, 5.74) is 0.361. The number of halogens is 1. The first-order valence-electron chi connectivity index (χ1n) is 7.04. The molecule has 1 aliphatic heterocycles. The Hall–Kier alpha value is -2.32. The van der Waals surface area contributed by atoms with Gasteiger partial charge in [-0.05, 0) is 30.8 Å². The Labute approximate surface area is 146 Å². The van der Waals surface area contributed by atoms with Gasteiger partial charge >= 0.3 is 0 Å². The van der Waals surface area contributed by atoms with E-state index in [0.717, 1.165) is 5.01 Å². The van der Waals surface area contributed by atoms with Crippen molar-refractivity contribution in [2.45, 2.75) is 6.92 Å². The molecule has 2 aromatic rings. The highest BCUT2D eigenvalue weighted by Crippen LogP contribution is 2.34. The lowest BCUT2D eigenvalue weighted by atomic mass is 10.2. The van der Waals surface area contributed by atoms with Crippen molar-refractivity contribution >= 4 is 45.4 Å². The lowest BCUT2D eigenvalue weighted by Crippen LogP contribution is -2.29. The van der Waals surface area contributed by atoms with Crippen LogP contribution in [-0.2, 0) is 4.79 Å². The Balaban J connectivity index is 1.96. The van der Waals surface area contributed by atoms with Crippen molar-refractivity contribution in [3.8, 4) is 0 Å². The lowest BCUT2D eigenvalue weighted by molar-refractivity contribution is -0.121. The number of aliphatic imine (C=N–C) groups is 1. The normalized spacial score (nSPS) is 17.9. The number of nitrogens with zero attached hydrogens (tertiary/aromatic N) is 4. The third-order valence-electron chi connectivity index (χ3n) is 3.10. The molecule has 0 N–H and O–H groups in total. The van der Waals surface area contributed by atoms with Crippen molar-refractivity contribution < 1.29 is 9.18 Å². The summed E-state index contributed by atoms with van der Waals surface area (Å²) < 4.78 is 13.8. The fourth-order valence-electron chi connectivity index (χ4n) is 2.03. The summed E-state index contributed by atoms with van der Waals surface area (Å²) in [5.74, 6) is -0.609. The molecule has 0 bridgehead atoms. The van der Waals surface area contributed by atoms with Crippen LogP contribution < -0.4 is 0 Å². The zero-order chi connectivity index (χ0) is 17.1. The molecule has 0 atom stereocenters. The largest absolute Gasteiger partial charge is 0.282 e. The van der Waals surface area contributed by atoms with E-state index in [0.29, 0.717) is 27.3 Å². The van der Waals surface area contributed by atoms with Crippen LogP contribution in [0.4, 0.5) is 9.52 Å². The Morgan fingerprint density at radius 3 is 2.83 bits per heavy atom. The Morgan fingerprint density at radius 2 is 2.17 bits per heavy atom. The molecule has 0 saturated carbocycles. The summed E-state index contributed by atoms with van der Waals surface area (Å²) in [6.45, 7) is 5.81. The number of benzene rings is 1. The van der Waals surface area contributed by atoms with Crippen molar-refractivity contribution in [1.82, 2.24) is 15.1 Å². The van der Waals surface area contributed by atoms with Crippen LogP contribution in [-0.4, -0.2) is 32.7 Å². The number of hydrogen-bond acceptors (Lipinski definition) is 6. The van der Waals surface area contributed by atoms with Crippen LogP contribution in [0, 0.1) is 12.7 Å². The maximum Gasteiger partial charge on any atom is 0.267 e. The molecule has 24 heavy (non-hydrogen) atoms. The fraction of sp³-hybridized carbons (Fsp3) is 0.125. The Morgan fingerprint density at radius 1 is 1.38 bits per heavy atom. The lowest BCUT2D eigenvalue weighted by Gasteiger charge is -2.11. The summed E-state index contributed by atoms with van der Waals surface area (Å²) in [6, 6.07) is 6.31. The molecule has 0 unspecified atom stereocenters. The summed E-state index contributed by atoms with van der Waals surface area (Å²) >= 11 is 2.52. The minimum Gasteiger partial charge on any atom is -0.282 e. The van der Waals surface area contributed by atoms with Crippen LogP contribution in [0.2, 0.25) is 0 Å². The van der Waals surface area contributed by atoms with E-state index in [1.807, 2.05) is 6.92 Å². The molecule has 1 aromatic carbocycles.